The Morgan fingerprint density at radius 2 is 1.23 bits per heavy atom. The van der Waals surface area contributed by atoms with Gasteiger partial charge in [-0.3, -0.25) is 0 Å². The van der Waals surface area contributed by atoms with Crippen molar-refractivity contribution >= 4 is 96.0 Å². The number of nitrogens with two attached hydrogens (primary N) is 1. The number of fused-ring (bicyclic) bond motifs is 2. The van der Waals surface area contributed by atoms with Gasteiger partial charge in [0.15, 0.2) is 20.7 Å². The average molecular weight is 594 g/mol. The van der Waals surface area contributed by atoms with E-state index in [9.17, 15) is 17.6 Å². The van der Waals surface area contributed by atoms with E-state index in [0.717, 1.165) is 28.7 Å². The van der Waals surface area contributed by atoms with Crippen LogP contribution in [0.5, 0.6) is 0 Å². The molecule has 2 N–H and O–H groups in total. The van der Waals surface area contributed by atoms with E-state index < -0.39 is 23.3 Å². The lowest BCUT2D eigenvalue weighted by Gasteiger charge is -1.96. The van der Waals surface area contributed by atoms with Crippen LogP contribution in [0.4, 0.5) is 22.7 Å². The maximum absolute atomic E-state index is 13.3. The van der Waals surface area contributed by atoms with Crippen molar-refractivity contribution in [2.75, 3.05) is 5.73 Å². The van der Waals surface area contributed by atoms with E-state index in [0.29, 0.717) is 14.1 Å². The van der Waals surface area contributed by atoms with E-state index in [1.165, 1.54) is 6.07 Å². The number of benzene rings is 2. The molecule has 2 aromatic carbocycles. The Hall–Kier alpha value is -0.820. The Kier molecular flexibility index (Phi) is 5.87. The predicted molar refractivity (Wildman–Crippen MR) is 107 cm³/mol. The summed E-state index contributed by atoms with van der Waals surface area (Å²) in [6, 6.07) is 2.35. The number of anilines is 1. The first kappa shape index (κ1) is 19.9. The average Bonchev–Trinajstić information content (AvgIpc) is 3.13. The van der Waals surface area contributed by atoms with Gasteiger partial charge < -0.3 is 5.73 Å². The van der Waals surface area contributed by atoms with Crippen LogP contribution in [-0.2, 0) is 0 Å². The minimum absolute atomic E-state index is 0.142. The van der Waals surface area contributed by atoms with Gasteiger partial charge >= 0.3 is 0 Å². The predicted octanol–water partition coefficient (Wildman–Crippen LogP) is 7.02. The molecule has 0 aliphatic heterocycles. The highest BCUT2D eigenvalue weighted by Gasteiger charge is 2.15. The first-order chi connectivity index (χ1) is 12.2. The highest BCUT2D eigenvalue weighted by molar-refractivity contribution is 9.11. The summed E-state index contributed by atoms with van der Waals surface area (Å²) in [6.07, 6.45) is 0. The second kappa shape index (κ2) is 7.66. The number of hydrogen-bond acceptors (Lipinski definition) is 5. The molecular weight excluding hydrogens is 590 g/mol. The van der Waals surface area contributed by atoms with Crippen molar-refractivity contribution < 1.29 is 17.6 Å². The van der Waals surface area contributed by atoms with Crippen LogP contribution in [0, 0.1) is 23.3 Å². The number of rotatable bonds is 0. The second-order valence-electron chi connectivity index (χ2n) is 4.69. The van der Waals surface area contributed by atoms with Crippen LogP contribution in [0.2, 0.25) is 0 Å². The van der Waals surface area contributed by atoms with Crippen molar-refractivity contribution in [1.82, 2.24) is 9.97 Å². The summed E-state index contributed by atoms with van der Waals surface area (Å²) in [5.74, 6) is -2.56. The minimum atomic E-state index is -0.671. The molecule has 0 aliphatic rings. The van der Waals surface area contributed by atoms with Gasteiger partial charge in [0.05, 0.1) is 29.4 Å². The zero-order chi connectivity index (χ0) is 19.2. The second-order valence-corrected chi connectivity index (χ2v) is 9.58. The number of nitrogen functional groups attached to an aromatic ring is 1. The van der Waals surface area contributed by atoms with Crippen molar-refractivity contribution in [2.45, 2.75) is 0 Å². The number of hydrogen-bond donors (Lipinski definition) is 1. The van der Waals surface area contributed by atoms with Crippen molar-refractivity contribution in [2.24, 2.45) is 0 Å². The molecule has 0 aliphatic carbocycles. The maximum atomic E-state index is 13.3. The van der Waals surface area contributed by atoms with Crippen molar-refractivity contribution in [3.05, 3.63) is 48.3 Å². The number of nitrogens with zero attached hydrogens (tertiary/aromatic N) is 2. The van der Waals surface area contributed by atoms with Gasteiger partial charge in [0, 0.05) is 12.1 Å². The van der Waals surface area contributed by atoms with Gasteiger partial charge in [-0.1, -0.05) is 11.3 Å². The number of aromatic nitrogens is 2. The standard InChI is InChI=1S/C7HBr2F2NS.C7H3BrF2N2S/c8-4-2(10)1-3-6(5(4)11)13-7(9)12-3;8-4-2(9)1-3-6(5(4)10)13-7(11)12-3/h1H;1H,(H2,11,12). The van der Waals surface area contributed by atoms with Gasteiger partial charge in [-0.15, -0.1) is 11.3 Å². The van der Waals surface area contributed by atoms with Crippen LogP contribution < -0.4 is 5.73 Å². The molecule has 0 bridgehead atoms. The van der Waals surface area contributed by atoms with E-state index >= 15 is 0 Å². The van der Waals surface area contributed by atoms with Gasteiger partial charge in [0.1, 0.15) is 11.6 Å². The van der Waals surface area contributed by atoms with Crippen molar-refractivity contribution in [3.63, 3.8) is 0 Å². The Morgan fingerprint density at radius 3 is 1.77 bits per heavy atom. The molecular formula is C14H4Br3F4N3S2. The molecule has 3 nitrogen and oxygen atoms in total. The van der Waals surface area contributed by atoms with Crippen LogP contribution in [0.15, 0.2) is 25.0 Å². The molecule has 136 valence electrons. The summed E-state index contributed by atoms with van der Waals surface area (Å²) < 4.78 is 53.4. The lowest BCUT2D eigenvalue weighted by atomic mass is 10.3. The zero-order valence-electron chi connectivity index (χ0n) is 12.1. The van der Waals surface area contributed by atoms with Gasteiger partial charge in [-0.25, -0.2) is 27.5 Å². The van der Waals surface area contributed by atoms with E-state index in [2.05, 4.69) is 57.8 Å². The molecule has 0 fully saturated rings. The molecule has 0 spiro atoms. The molecule has 12 heteroatoms. The van der Waals surface area contributed by atoms with Crippen LogP contribution in [-0.4, -0.2) is 9.97 Å². The van der Waals surface area contributed by atoms with Crippen LogP contribution >= 0.6 is 70.5 Å². The molecule has 0 radical (unpaired) electrons. The summed E-state index contributed by atoms with van der Waals surface area (Å²) in [4.78, 5) is 7.68. The van der Waals surface area contributed by atoms with Gasteiger partial charge in [-0.2, -0.15) is 0 Å². The largest absolute Gasteiger partial charge is 0.375 e. The van der Waals surface area contributed by atoms with Gasteiger partial charge in [0.2, 0.25) is 0 Å². The van der Waals surface area contributed by atoms with Crippen molar-refractivity contribution in [3.8, 4) is 0 Å². The van der Waals surface area contributed by atoms with Crippen LogP contribution in [0.3, 0.4) is 0 Å². The summed E-state index contributed by atoms with van der Waals surface area (Å²) in [5.41, 5.74) is 5.94. The first-order valence-corrected chi connectivity index (χ1v) is 10.5. The third-order valence-corrected chi connectivity index (χ3v) is 6.89. The quantitative estimate of drug-likeness (QED) is 0.176. The maximum Gasteiger partial charge on any atom is 0.181 e. The van der Waals surface area contributed by atoms with Crippen LogP contribution in [0.25, 0.3) is 20.4 Å². The van der Waals surface area contributed by atoms with Gasteiger partial charge in [0.25, 0.3) is 0 Å². The molecule has 0 unspecified atom stereocenters. The smallest absolute Gasteiger partial charge is 0.181 e. The first-order valence-electron chi connectivity index (χ1n) is 6.48. The number of halogens is 7. The van der Waals surface area contributed by atoms with Crippen molar-refractivity contribution in [1.29, 1.82) is 0 Å². The van der Waals surface area contributed by atoms with E-state index in [-0.39, 0.29) is 24.3 Å². The fourth-order valence-corrected chi connectivity index (χ4v) is 4.97. The summed E-state index contributed by atoms with van der Waals surface area (Å²) in [5, 5.41) is 0.228. The normalized spacial score (nSPS) is 11.0. The van der Waals surface area contributed by atoms with Gasteiger partial charge in [-0.05, 0) is 47.8 Å². The Balaban J connectivity index is 0.000000151. The van der Waals surface area contributed by atoms with E-state index in [4.69, 9.17) is 5.73 Å². The summed E-state index contributed by atoms with van der Waals surface area (Å²) in [7, 11) is 0. The zero-order valence-corrected chi connectivity index (χ0v) is 18.5. The highest BCUT2D eigenvalue weighted by atomic mass is 79.9. The number of thiazole rings is 2. The monoisotopic (exact) mass is 591 g/mol. The summed E-state index contributed by atoms with van der Waals surface area (Å²) in [6.45, 7) is 0. The molecule has 4 aromatic rings. The Morgan fingerprint density at radius 1 is 0.769 bits per heavy atom. The molecule has 2 heterocycles. The highest BCUT2D eigenvalue weighted by Crippen LogP contribution is 2.34. The molecule has 4 rings (SSSR count). The van der Waals surface area contributed by atoms with E-state index in [1.54, 1.807) is 0 Å². The third kappa shape index (κ3) is 3.75. The molecule has 0 atom stereocenters. The minimum Gasteiger partial charge on any atom is -0.375 e. The molecule has 2 aromatic heterocycles. The van der Waals surface area contributed by atoms with E-state index in [1.807, 2.05) is 0 Å². The van der Waals surface area contributed by atoms with Crippen LogP contribution in [0.1, 0.15) is 0 Å². The topological polar surface area (TPSA) is 51.8 Å². The fraction of sp³-hybridized carbons (Fsp3) is 0. The third-order valence-electron chi connectivity index (χ3n) is 3.03. The lowest BCUT2D eigenvalue weighted by molar-refractivity contribution is 0.580. The Labute approximate surface area is 176 Å². The molecule has 0 amide bonds. The Bertz CT molecular complexity index is 1060. The lowest BCUT2D eigenvalue weighted by Crippen LogP contribution is -1.84. The summed E-state index contributed by atoms with van der Waals surface area (Å²) >= 11 is 10.9. The SMILES string of the molecule is Fc1cc2nc(Br)sc2c(F)c1Br.Nc1nc2cc(F)c(Br)c(F)c2s1. The molecule has 0 saturated carbocycles. The molecule has 0 saturated heterocycles. The fourth-order valence-electron chi connectivity index (χ4n) is 1.94. The molecule has 26 heavy (non-hydrogen) atoms.